The third-order valence-electron chi connectivity index (χ3n) is 2.00. The lowest BCUT2D eigenvalue weighted by Gasteiger charge is -2.22. The van der Waals surface area contributed by atoms with Crippen molar-refractivity contribution in [1.82, 2.24) is 5.32 Å². The molecule has 1 heterocycles. The first kappa shape index (κ1) is 9.26. The second-order valence-corrected chi connectivity index (χ2v) is 3.09. The van der Waals surface area contributed by atoms with E-state index in [1.807, 2.05) is 13.1 Å². The second kappa shape index (κ2) is 4.93. The fraction of sp³-hybridized carbons (Fsp3) is 0.667. The van der Waals surface area contributed by atoms with Crippen LogP contribution < -0.4 is 5.32 Å². The summed E-state index contributed by atoms with van der Waals surface area (Å²) >= 11 is 0. The average molecular weight is 168 g/mol. The zero-order valence-corrected chi connectivity index (χ0v) is 7.47. The number of rotatable bonds is 3. The highest BCUT2D eigenvalue weighted by atomic mass is 16.5. The van der Waals surface area contributed by atoms with Crippen molar-refractivity contribution in [3.05, 3.63) is 11.8 Å². The Morgan fingerprint density at radius 2 is 2.17 bits per heavy atom. The summed E-state index contributed by atoms with van der Waals surface area (Å²) in [6.07, 6.45) is 5.40. The van der Waals surface area contributed by atoms with Gasteiger partial charge in [-0.2, -0.15) is 0 Å². The molecule has 0 radical (unpaired) electrons. The molecule has 1 aliphatic heterocycles. The molecule has 12 heavy (non-hydrogen) atoms. The van der Waals surface area contributed by atoms with Gasteiger partial charge >= 0.3 is 0 Å². The lowest BCUT2D eigenvalue weighted by atomic mass is 10.1. The standard InChI is InChI=1S/C9H16N2O/c1-8(6-10)7-11-9-2-4-12-5-3-9/h6-7,9-11H,2-5H2,1H3/b8-7-,10-6?. The van der Waals surface area contributed by atoms with E-state index in [9.17, 15) is 0 Å². The van der Waals surface area contributed by atoms with Crippen LogP contribution in [0.15, 0.2) is 11.8 Å². The molecule has 1 fully saturated rings. The highest BCUT2D eigenvalue weighted by molar-refractivity contribution is 5.74. The third kappa shape index (κ3) is 3.05. The summed E-state index contributed by atoms with van der Waals surface area (Å²) in [6, 6.07) is 0.536. The maximum atomic E-state index is 6.97. The van der Waals surface area contributed by atoms with Gasteiger partial charge in [0.25, 0.3) is 0 Å². The Morgan fingerprint density at radius 1 is 1.50 bits per heavy atom. The molecule has 0 saturated carbocycles. The van der Waals surface area contributed by atoms with Gasteiger partial charge in [-0.1, -0.05) is 0 Å². The normalized spacial score (nSPS) is 20.6. The van der Waals surface area contributed by atoms with E-state index < -0.39 is 0 Å². The predicted molar refractivity (Wildman–Crippen MR) is 49.5 cm³/mol. The molecule has 0 bridgehead atoms. The maximum absolute atomic E-state index is 6.97. The Balaban J connectivity index is 2.25. The number of ether oxygens (including phenoxy) is 1. The first-order valence-corrected chi connectivity index (χ1v) is 4.34. The average Bonchev–Trinajstić information content (AvgIpc) is 2.16. The van der Waals surface area contributed by atoms with E-state index >= 15 is 0 Å². The molecule has 1 aliphatic rings. The van der Waals surface area contributed by atoms with E-state index in [0.29, 0.717) is 6.04 Å². The van der Waals surface area contributed by atoms with Gasteiger partial charge < -0.3 is 15.5 Å². The molecule has 1 saturated heterocycles. The summed E-state index contributed by atoms with van der Waals surface area (Å²) in [4.78, 5) is 0. The van der Waals surface area contributed by atoms with Crippen LogP contribution >= 0.6 is 0 Å². The summed E-state index contributed by atoms with van der Waals surface area (Å²) in [5, 5.41) is 10.2. The molecular formula is C9H16N2O. The maximum Gasteiger partial charge on any atom is 0.0485 e. The van der Waals surface area contributed by atoms with Crippen LogP contribution in [0.2, 0.25) is 0 Å². The Morgan fingerprint density at radius 3 is 2.75 bits per heavy atom. The van der Waals surface area contributed by atoms with Crippen molar-refractivity contribution in [2.24, 2.45) is 0 Å². The van der Waals surface area contributed by atoms with Crippen molar-refractivity contribution in [2.75, 3.05) is 13.2 Å². The molecule has 2 N–H and O–H groups in total. The lowest BCUT2D eigenvalue weighted by Crippen LogP contribution is -2.31. The highest BCUT2D eigenvalue weighted by Gasteiger charge is 2.10. The van der Waals surface area contributed by atoms with Crippen LogP contribution in [0, 0.1) is 5.41 Å². The SMILES string of the molecule is C/C(C=N)=C/NC1CCOCC1. The minimum atomic E-state index is 0.536. The summed E-state index contributed by atoms with van der Waals surface area (Å²) in [7, 11) is 0. The van der Waals surface area contributed by atoms with Crippen molar-refractivity contribution in [1.29, 1.82) is 5.41 Å². The molecule has 0 unspecified atom stereocenters. The van der Waals surface area contributed by atoms with Crippen LogP contribution in [0.5, 0.6) is 0 Å². The van der Waals surface area contributed by atoms with Gasteiger partial charge in [0.2, 0.25) is 0 Å². The van der Waals surface area contributed by atoms with Gasteiger partial charge in [-0.25, -0.2) is 0 Å². The third-order valence-corrected chi connectivity index (χ3v) is 2.00. The Labute approximate surface area is 73.3 Å². The molecule has 0 aromatic heterocycles. The van der Waals surface area contributed by atoms with Crippen molar-refractivity contribution >= 4 is 6.21 Å². The number of allylic oxidation sites excluding steroid dienone is 1. The monoisotopic (exact) mass is 168 g/mol. The summed E-state index contributed by atoms with van der Waals surface area (Å²) in [5.41, 5.74) is 0.960. The van der Waals surface area contributed by atoms with Gasteiger partial charge in [0.15, 0.2) is 0 Å². The van der Waals surface area contributed by atoms with Crippen LogP contribution in [0.1, 0.15) is 19.8 Å². The molecule has 0 aromatic carbocycles. The van der Waals surface area contributed by atoms with Crippen LogP contribution in [0.3, 0.4) is 0 Å². The largest absolute Gasteiger partial charge is 0.388 e. The van der Waals surface area contributed by atoms with E-state index in [0.717, 1.165) is 31.6 Å². The number of nitrogens with one attached hydrogen (secondary N) is 2. The molecule has 0 spiro atoms. The fourth-order valence-electron chi connectivity index (χ4n) is 1.16. The quantitative estimate of drug-likeness (QED) is 0.624. The predicted octanol–water partition coefficient (Wildman–Crippen LogP) is 1.31. The molecule has 3 nitrogen and oxygen atoms in total. The molecule has 0 aromatic rings. The van der Waals surface area contributed by atoms with Gasteiger partial charge in [-0.3, -0.25) is 0 Å². The molecule has 3 heteroatoms. The van der Waals surface area contributed by atoms with Gasteiger partial charge in [0, 0.05) is 31.7 Å². The van der Waals surface area contributed by atoms with Gasteiger partial charge in [-0.05, 0) is 25.3 Å². The number of hydrogen-bond acceptors (Lipinski definition) is 3. The number of hydrogen-bond donors (Lipinski definition) is 2. The van der Waals surface area contributed by atoms with Crippen LogP contribution in [-0.4, -0.2) is 25.5 Å². The first-order valence-electron chi connectivity index (χ1n) is 4.34. The van der Waals surface area contributed by atoms with Gasteiger partial charge in [-0.15, -0.1) is 0 Å². The Kier molecular flexibility index (Phi) is 3.80. The van der Waals surface area contributed by atoms with Crippen LogP contribution in [0.4, 0.5) is 0 Å². The fourth-order valence-corrected chi connectivity index (χ4v) is 1.16. The van der Waals surface area contributed by atoms with E-state index in [1.54, 1.807) is 0 Å². The highest BCUT2D eigenvalue weighted by Crippen LogP contribution is 2.05. The zero-order chi connectivity index (χ0) is 8.81. The van der Waals surface area contributed by atoms with E-state index in [1.165, 1.54) is 6.21 Å². The molecule has 0 amide bonds. The summed E-state index contributed by atoms with van der Waals surface area (Å²) < 4.78 is 5.23. The Hall–Kier alpha value is -0.830. The summed E-state index contributed by atoms with van der Waals surface area (Å²) in [5.74, 6) is 0. The lowest BCUT2D eigenvalue weighted by molar-refractivity contribution is 0.0812. The smallest absolute Gasteiger partial charge is 0.0485 e. The zero-order valence-electron chi connectivity index (χ0n) is 7.47. The molecule has 1 rings (SSSR count). The van der Waals surface area contributed by atoms with Crippen molar-refractivity contribution in [3.63, 3.8) is 0 Å². The van der Waals surface area contributed by atoms with Gasteiger partial charge in [0.05, 0.1) is 0 Å². The van der Waals surface area contributed by atoms with E-state index in [-0.39, 0.29) is 0 Å². The van der Waals surface area contributed by atoms with Gasteiger partial charge in [0.1, 0.15) is 0 Å². The topological polar surface area (TPSA) is 45.1 Å². The summed E-state index contributed by atoms with van der Waals surface area (Å²) in [6.45, 7) is 3.63. The minimum absolute atomic E-state index is 0.536. The van der Waals surface area contributed by atoms with Crippen LogP contribution in [0.25, 0.3) is 0 Å². The van der Waals surface area contributed by atoms with Crippen molar-refractivity contribution in [2.45, 2.75) is 25.8 Å². The second-order valence-electron chi connectivity index (χ2n) is 3.09. The minimum Gasteiger partial charge on any atom is -0.388 e. The molecule has 0 aliphatic carbocycles. The molecule has 0 atom stereocenters. The molecular weight excluding hydrogens is 152 g/mol. The van der Waals surface area contributed by atoms with Crippen LogP contribution in [-0.2, 0) is 4.74 Å². The Bertz CT molecular complexity index is 171. The molecule has 68 valence electrons. The first-order chi connectivity index (χ1) is 5.83. The van der Waals surface area contributed by atoms with Crippen molar-refractivity contribution in [3.8, 4) is 0 Å². The van der Waals surface area contributed by atoms with E-state index in [2.05, 4.69) is 5.32 Å². The van der Waals surface area contributed by atoms with Crippen molar-refractivity contribution < 1.29 is 4.74 Å². The van der Waals surface area contributed by atoms with E-state index in [4.69, 9.17) is 10.1 Å².